The van der Waals surface area contributed by atoms with Gasteiger partial charge < -0.3 is 5.11 Å². The Bertz CT molecular complexity index is 615. The predicted octanol–water partition coefficient (Wildman–Crippen LogP) is 2.80. The number of carbonyl (C=O) groups is 1. The van der Waals surface area contributed by atoms with Gasteiger partial charge in [0.2, 0.25) is 5.01 Å². The van der Waals surface area contributed by atoms with Gasteiger partial charge in [-0.1, -0.05) is 11.3 Å². The highest BCUT2D eigenvalue weighted by atomic mass is 32.2. The summed E-state index contributed by atoms with van der Waals surface area (Å²) in [5.41, 5.74) is -0.00180. The summed E-state index contributed by atoms with van der Waals surface area (Å²) in [7, 11) is 0. The summed E-state index contributed by atoms with van der Waals surface area (Å²) in [6.45, 7) is 0. The van der Waals surface area contributed by atoms with Crippen LogP contribution in [0.3, 0.4) is 0 Å². The minimum absolute atomic E-state index is 0.00180. The number of pyridine rings is 1. The van der Waals surface area contributed by atoms with Gasteiger partial charge in [-0.25, -0.2) is 9.78 Å². The Morgan fingerprint density at radius 1 is 1.37 bits per heavy atom. The summed E-state index contributed by atoms with van der Waals surface area (Å²) in [4.78, 5) is 14.6. The predicted molar refractivity (Wildman–Crippen MR) is 60.2 cm³/mol. The topological polar surface area (TPSA) is 76.0 Å². The van der Waals surface area contributed by atoms with E-state index in [1.165, 1.54) is 18.3 Å². The van der Waals surface area contributed by atoms with Crippen molar-refractivity contribution in [3.63, 3.8) is 0 Å². The zero-order chi connectivity index (χ0) is 14.0. The van der Waals surface area contributed by atoms with Gasteiger partial charge in [-0.2, -0.15) is 13.2 Å². The highest BCUT2D eigenvalue weighted by Crippen LogP contribution is 2.36. The standard InChI is InChI=1S/C9H4F3N3O2S2/c10-9(11,12)7-14-15-8(19-7)18-5-3-4(6(16)17)1-2-13-5/h1-3H,(H,16,17). The first-order valence-electron chi connectivity index (χ1n) is 4.64. The Labute approximate surface area is 112 Å². The van der Waals surface area contributed by atoms with Crippen molar-refractivity contribution in [1.82, 2.24) is 15.2 Å². The summed E-state index contributed by atoms with van der Waals surface area (Å²) in [6, 6.07) is 2.54. The maximum atomic E-state index is 12.3. The Morgan fingerprint density at radius 3 is 2.68 bits per heavy atom. The molecule has 0 aliphatic heterocycles. The fraction of sp³-hybridized carbons (Fsp3) is 0.111. The van der Waals surface area contributed by atoms with Crippen LogP contribution < -0.4 is 0 Å². The van der Waals surface area contributed by atoms with E-state index in [9.17, 15) is 18.0 Å². The zero-order valence-corrected chi connectivity index (χ0v) is 10.5. The van der Waals surface area contributed by atoms with Gasteiger partial charge in [-0.05, 0) is 23.9 Å². The molecule has 0 aromatic carbocycles. The minimum atomic E-state index is -4.53. The van der Waals surface area contributed by atoms with Crippen LogP contribution in [0.5, 0.6) is 0 Å². The second-order valence-electron chi connectivity index (χ2n) is 3.16. The van der Waals surface area contributed by atoms with Crippen molar-refractivity contribution >= 4 is 29.1 Å². The molecule has 100 valence electrons. The molecule has 0 saturated heterocycles. The molecule has 0 radical (unpaired) electrons. The molecule has 2 heterocycles. The van der Waals surface area contributed by atoms with Crippen LogP contribution in [0, 0.1) is 0 Å². The van der Waals surface area contributed by atoms with Crippen LogP contribution in [-0.2, 0) is 6.18 Å². The molecular weight excluding hydrogens is 303 g/mol. The van der Waals surface area contributed by atoms with Crippen LogP contribution in [0.1, 0.15) is 15.4 Å². The Kier molecular flexibility index (Phi) is 3.71. The molecule has 1 N–H and O–H groups in total. The van der Waals surface area contributed by atoms with Crippen molar-refractivity contribution < 1.29 is 23.1 Å². The molecule has 10 heteroatoms. The first-order chi connectivity index (χ1) is 8.86. The number of aromatic carboxylic acids is 1. The number of carboxylic acid groups (broad SMARTS) is 1. The molecule has 0 aliphatic rings. The molecule has 2 rings (SSSR count). The highest BCUT2D eigenvalue weighted by molar-refractivity contribution is 8.01. The molecule has 0 atom stereocenters. The highest BCUT2D eigenvalue weighted by Gasteiger charge is 2.35. The van der Waals surface area contributed by atoms with Crippen LogP contribution in [0.25, 0.3) is 0 Å². The second-order valence-corrected chi connectivity index (χ2v) is 5.41. The van der Waals surface area contributed by atoms with E-state index in [-0.39, 0.29) is 14.9 Å². The molecule has 0 unspecified atom stereocenters. The lowest BCUT2D eigenvalue weighted by Gasteiger charge is -1.98. The van der Waals surface area contributed by atoms with Gasteiger partial charge in [0, 0.05) is 6.20 Å². The molecule has 0 saturated carbocycles. The molecule has 19 heavy (non-hydrogen) atoms. The van der Waals surface area contributed by atoms with E-state index < -0.39 is 17.2 Å². The van der Waals surface area contributed by atoms with E-state index in [4.69, 9.17) is 5.11 Å². The molecule has 0 spiro atoms. The van der Waals surface area contributed by atoms with E-state index in [0.29, 0.717) is 11.3 Å². The van der Waals surface area contributed by atoms with Gasteiger partial charge in [0.05, 0.1) is 5.56 Å². The quantitative estimate of drug-likeness (QED) is 0.939. The number of halogens is 3. The van der Waals surface area contributed by atoms with Gasteiger partial charge in [-0.15, -0.1) is 10.2 Å². The maximum Gasteiger partial charge on any atom is 0.445 e. The third-order valence-corrected chi connectivity index (χ3v) is 3.77. The number of carboxylic acids is 1. The lowest BCUT2D eigenvalue weighted by Crippen LogP contribution is -2.03. The van der Waals surface area contributed by atoms with Crippen LogP contribution >= 0.6 is 23.1 Å². The average molecular weight is 307 g/mol. The van der Waals surface area contributed by atoms with E-state index in [0.717, 1.165) is 11.8 Å². The number of alkyl halides is 3. The smallest absolute Gasteiger partial charge is 0.445 e. The summed E-state index contributed by atoms with van der Waals surface area (Å²) in [6.07, 6.45) is -3.27. The van der Waals surface area contributed by atoms with E-state index in [1.807, 2.05) is 0 Å². The van der Waals surface area contributed by atoms with Gasteiger partial charge in [-0.3, -0.25) is 0 Å². The monoisotopic (exact) mass is 307 g/mol. The second kappa shape index (κ2) is 5.13. The summed E-state index contributed by atoms with van der Waals surface area (Å²) in [5.74, 6) is -1.14. The number of nitrogens with zero attached hydrogens (tertiary/aromatic N) is 3. The molecule has 0 fully saturated rings. The van der Waals surface area contributed by atoms with Crippen LogP contribution in [0.2, 0.25) is 0 Å². The van der Waals surface area contributed by atoms with Gasteiger partial charge in [0.15, 0.2) is 4.34 Å². The van der Waals surface area contributed by atoms with Crippen molar-refractivity contribution in [2.75, 3.05) is 0 Å². The van der Waals surface area contributed by atoms with Crippen LogP contribution in [-0.4, -0.2) is 26.3 Å². The SMILES string of the molecule is O=C(O)c1ccnc(Sc2nnc(C(F)(F)F)s2)c1. The molecule has 0 bridgehead atoms. The first-order valence-corrected chi connectivity index (χ1v) is 6.27. The third kappa shape index (κ3) is 3.41. The summed E-state index contributed by atoms with van der Waals surface area (Å²) < 4.78 is 37.0. The zero-order valence-electron chi connectivity index (χ0n) is 8.88. The maximum absolute atomic E-state index is 12.3. The van der Waals surface area contributed by atoms with Gasteiger partial charge >= 0.3 is 12.1 Å². The van der Waals surface area contributed by atoms with E-state index in [2.05, 4.69) is 15.2 Å². The van der Waals surface area contributed by atoms with Gasteiger partial charge in [0.1, 0.15) is 5.03 Å². The molecule has 5 nitrogen and oxygen atoms in total. The van der Waals surface area contributed by atoms with Crippen LogP contribution in [0.4, 0.5) is 13.2 Å². The average Bonchev–Trinajstić information content (AvgIpc) is 2.77. The number of hydrogen-bond acceptors (Lipinski definition) is 6. The molecule has 0 amide bonds. The normalized spacial score (nSPS) is 11.5. The summed E-state index contributed by atoms with van der Waals surface area (Å²) in [5, 5.41) is 14.4. The van der Waals surface area contributed by atoms with Crippen molar-refractivity contribution in [1.29, 1.82) is 0 Å². The number of aromatic nitrogens is 3. The lowest BCUT2D eigenvalue weighted by atomic mass is 10.3. The van der Waals surface area contributed by atoms with E-state index >= 15 is 0 Å². The Hall–Kier alpha value is -1.68. The number of rotatable bonds is 3. The van der Waals surface area contributed by atoms with Crippen LogP contribution in [0.15, 0.2) is 27.7 Å². The summed E-state index contributed by atoms with van der Waals surface area (Å²) >= 11 is 1.20. The fourth-order valence-corrected chi connectivity index (χ4v) is 2.72. The fourth-order valence-electron chi connectivity index (χ4n) is 1.05. The van der Waals surface area contributed by atoms with E-state index in [1.54, 1.807) is 0 Å². The molecular formula is C9H4F3N3O2S2. The minimum Gasteiger partial charge on any atom is -0.478 e. The lowest BCUT2D eigenvalue weighted by molar-refractivity contribution is -0.138. The molecule has 0 aliphatic carbocycles. The van der Waals surface area contributed by atoms with Gasteiger partial charge in [0.25, 0.3) is 0 Å². The number of hydrogen-bond donors (Lipinski definition) is 1. The van der Waals surface area contributed by atoms with Crippen molar-refractivity contribution in [2.24, 2.45) is 0 Å². The van der Waals surface area contributed by atoms with Crippen molar-refractivity contribution in [3.8, 4) is 0 Å². The Morgan fingerprint density at radius 2 is 2.11 bits per heavy atom. The third-order valence-electron chi connectivity index (χ3n) is 1.82. The first kappa shape index (κ1) is 13.7. The Balaban J connectivity index is 2.19. The van der Waals surface area contributed by atoms with Crippen molar-refractivity contribution in [3.05, 3.63) is 28.9 Å². The molecule has 2 aromatic heterocycles. The van der Waals surface area contributed by atoms with Crippen molar-refractivity contribution in [2.45, 2.75) is 15.5 Å². The molecule has 2 aromatic rings. The largest absolute Gasteiger partial charge is 0.478 e.